The van der Waals surface area contributed by atoms with Crippen molar-refractivity contribution in [1.82, 2.24) is 9.97 Å². The SMILES string of the molecule is Nc1ccc2c(C(F)(F)F)nc(N)nc2c1. The van der Waals surface area contributed by atoms with Crippen molar-refractivity contribution in [2.75, 3.05) is 11.5 Å². The van der Waals surface area contributed by atoms with Crippen LogP contribution in [0.4, 0.5) is 24.8 Å². The summed E-state index contributed by atoms with van der Waals surface area (Å²) in [6.07, 6.45) is -4.56. The van der Waals surface area contributed by atoms with Crippen molar-refractivity contribution >= 4 is 22.5 Å². The Balaban J connectivity index is 2.83. The number of fused-ring (bicyclic) bond motifs is 1. The molecular formula is C9H7F3N4. The fourth-order valence-electron chi connectivity index (χ4n) is 1.38. The first kappa shape index (κ1) is 10.5. The molecule has 2 aromatic rings. The number of hydrogen-bond acceptors (Lipinski definition) is 4. The van der Waals surface area contributed by atoms with E-state index >= 15 is 0 Å². The Labute approximate surface area is 88.1 Å². The van der Waals surface area contributed by atoms with Gasteiger partial charge in [0.25, 0.3) is 0 Å². The molecule has 0 saturated heterocycles. The summed E-state index contributed by atoms with van der Waals surface area (Å²) in [4.78, 5) is 6.90. The molecule has 4 N–H and O–H groups in total. The lowest BCUT2D eigenvalue weighted by molar-refractivity contribution is -0.139. The van der Waals surface area contributed by atoms with Gasteiger partial charge in [0.05, 0.1) is 5.52 Å². The number of anilines is 2. The maximum Gasteiger partial charge on any atom is 0.434 e. The zero-order chi connectivity index (χ0) is 11.9. The van der Waals surface area contributed by atoms with Crippen molar-refractivity contribution in [2.24, 2.45) is 0 Å². The third kappa shape index (κ3) is 1.71. The van der Waals surface area contributed by atoms with Crippen molar-refractivity contribution in [2.45, 2.75) is 6.18 Å². The van der Waals surface area contributed by atoms with Crippen molar-refractivity contribution in [3.63, 3.8) is 0 Å². The number of nitrogens with two attached hydrogens (primary N) is 2. The molecule has 0 atom stereocenters. The first-order valence-corrected chi connectivity index (χ1v) is 4.28. The van der Waals surface area contributed by atoms with Crippen LogP contribution in [0.2, 0.25) is 0 Å². The van der Waals surface area contributed by atoms with E-state index < -0.39 is 17.8 Å². The van der Waals surface area contributed by atoms with E-state index in [4.69, 9.17) is 11.5 Å². The van der Waals surface area contributed by atoms with E-state index in [9.17, 15) is 13.2 Å². The van der Waals surface area contributed by atoms with Crippen LogP contribution >= 0.6 is 0 Å². The standard InChI is InChI=1S/C9H7F3N4/c10-9(11,12)7-5-2-1-4(13)3-6(5)15-8(14)16-7/h1-3H,13H2,(H2,14,15,16). The highest BCUT2D eigenvalue weighted by Gasteiger charge is 2.35. The maximum atomic E-state index is 12.6. The molecule has 7 heteroatoms. The summed E-state index contributed by atoms with van der Waals surface area (Å²) >= 11 is 0. The molecule has 0 aliphatic heterocycles. The fourth-order valence-corrected chi connectivity index (χ4v) is 1.38. The highest BCUT2D eigenvalue weighted by atomic mass is 19.4. The van der Waals surface area contributed by atoms with Crippen LogP contribution in [0.25, 0.3) is 10.9 Å². The molecule has 0 fully saturated rings. The number of nitrogen functional groups attached to an aromatic ring is 2. The first-order chi connectivity index (χ1) is 7.38. The van der Waals surface area contributed by atoms with Crippen LogP contribution in [0, 0.1) is 0 Å². The van der Waals surface area contributed by atoms with Gasteiger partial charge < -0.3 is 11.5 Å². The molecule has 1 heterocycles. The number of halogens is 3. The summed E-state index contributed by atoms with van der Waals surface area (Å²) in [5, 5.41) is -0.115. The molecule has 1 aromatic heterocycles. The number of rotatable bonds is 0. The Kier molecular flexibility index (Phi) is 2.11. The lowest BCUT2D eigenvalue weighted by Gasteiger charge is -2.09. The normalized spacial score (nSPS) is 11.9. The van der Waals surface area contributed by atoms with E-state index in [2.05, 4.69) is 9.97 Å². The zero-order valence-electron chi connectivity index (χ0n) is 7.92. The molecule has 0 spiro atoms. The summed E-state index contributed by atoms with van der Waals surface area (Å²) in [7, 11) is 0. The van der Waals surface area contributed by atoms with Crippen LogP contribution in [0.3, 0.4) is 0 Å². The summed E-state index contributed by atoms with van der Waals surface area (Å²) in [5.41, 5.74) is 10.0. The summed E-state index contributed by atoms with van der Waals surface area (Å²) in [6, 6.07) is 3.91. The molecule has 0 bridgehead atoms. The Morgan fingerprint density at radius 1 is 1.06 bits per heavy atom. The zero-order valence-corrected chi connectivity index (χ0v) is 7.92. The Bertz CT molecular complexity index is 545. The van der Waals surface area contributed by atoms with Crippen LogP contribution in [0.5, 0.6) is 0 Å². The van der Waals surface area contributed by atoms with Gasteiger partial charge in [-0.3, -0.25) is 0 Å². The second-order valence-electron chi connectivity index (χ2n) is 3.20. The van der Waals surface area contributed by atoms with E-state index in [1.165, 1.54) is 18.2 Å². The molecule has 0 aliphatic rings. The predicted octanol–water partition coefficient (Wildman–Crippen LogP) is 1.81. The van der Waals surface area contributed by atoms with E-state index in [0.717, 1.165) is 0 Å². The van der Waals surface area contributed by atoms with Gasteiger partial charge in [-0.2, -0.15) is 13.2 Å². The molecule has 2 rings (SSSR count). The van der Waals surface area contributed by atoms with E-state index in [1.54, 1.807) is 0 Å². The van der Waals surface area contributed by atoms with Crippen LogP contribution in [-0.4, -0.2) is 9.97 Å². The maximum absolute atomic E-state index is 12.6. The molecule has 0 aliphatic carbocycles. The van der Waals surface area contributed by atoms with Crippen LogP contribution in [0.15, 0.2) is 18.2 Å². The van der Waals surface area contributed by atoms with Crippen molar-refractivity contribution < 1.29 is 13.2 Å². The fraction of sp³-hybridized carbons (Fsp3) is 0.111. The predicted molar refractivity (Wildman–Crippen MR) is 53.4 cm³/mol. The van der Waals surface area contributed by atoms with Gasteiger partial charge in [-0.05, 0) is 18.2 Å². The first-order valence-electron chi connectivity index (χ1n) is 4.28. The summed E-state index contributed by atoms with van der Waals surface area (Å²) in [5.74, 6) is -0.426. The number of benzene rings is 1. The lowest BCUT2D eigenvalue weighted by atomic mass is 10.1. The Morgan fingerprint density at radius 2 is 1.75 bits per heavy atom. The number of alkyl halides is 3. The van der Waals surface area contributed by atoms with E-state index in [1.807, 2.05) is 0 Å². The van der Waals surface area contributed by atoms with Gasteiger partial charge in [0.2, 0.25) is 5.95 Å². The molecule has 0 radical (unpaired) electrons. The van der Waals surface area contributed by atoms with Crippen LogP contribution in [0.1, 0.15) is 5.69 Å². The van der Waals surface area contributed by atoms with Crippen LogP contribution in [-0.2, 0) is 6.18 Å². The minimum absolute atomic E-state index is 0.0832. The molecule has 1 aromatic carbocycles. The van der Waals surface area contributed by atoms with Gasteiger partial charge in [0, 0.05) is 11.1 Å². The molecule has 0 amide bonds. The van der Waals surface area contributed by atoms with Crippen molar-refractivity contribution in [1.29, 1.82) is 0 Å². The van der Waals surface area contributed by atoms with Crippen LogP contribution < -0.4 is 11.5 Å². The smallest absolute Gasteiger partial charge is 0.399 e. The molecular weight excluding hydrogens is 221 g/mol. The van der Waals surface area contributed by atoms with E-state index in [-0.39, 0.29) is 10.9 Å². The van der Waals surface area contributed by atoms with Gasteiger partial charge in [-0.25, -0.2) is 9.97 Å². The summed E-state index contributed by atoms with van der Waals surface area (Å²) in [6.45, 7) is 0. The topological polar surface area (TPSA) is 77.8 Å². The Morgan fingerprint density at radius 3 is 2.38 bits per heavy atom. The third-order valence-electron chi connectivity index (χ3n) is 2.01. The van der Waals surface area contributed by atoms with E-state index in [0.29, 0.717) is 5.69 Å². The van der Waals surface area contributed by atoms with Gasteiger partial charge in [0.15, 0.2) is 5.69 Å². The van der Waals surface area contributed by atoms with Gasteiger partial charge in [-0.1, -0.05) is 0 Å². The number of aromatic nitrogens is 2. The molecule has 0 unspecified atom stereocenters. The highest BCUT2D eigenvalue weighted by molar-refractivity contribution is 5.85. The van der Waals surface area contributed by atoms with Crippen molar-refractivity contribution in [3.8, 4) is 0 Å². The molecule has 0 saturated carbocycles. The highest BCUT2D eigenvalue weighted by Crippen LogP contribution is 2.33. The lowest BCUT2D eigenvalue weighted by Crippen LogP contribution is -2.11. The molecule has 84 valence electrons. The number of hydrogen-bond donors (Lipinski definition) is 2. The quantitative estimate of drug-likeness (QED) is 0.674. The second-order valence-corrected chi connectivity index (χ2v) is 3.20. The average Bonchev–Trinajstić information content (AvgIpc) is 2.14. The summed E-state index contributed by atoms with van der Waals surface area (Å²) < 4.78 is 37.9. The number of nitrogens with zero attached hydrogens (tertiary/aromatic N) is 2. The minimum Gasteiger partial charge on any atom is -0.399 e. The Hall–Kier alpha value is -2.05. The van der Waals surface area contributed by atoms with Crippen molar-refractivity contribution in [3.05, 3.63) is 23.9 Å². The minimum atomic E-state index is -4.56. The third-order valence-corrected chi connectivity index (χ3v) is 2.01. The second kappa shape index (κ2) is 3.22. The largest absolute Gasteiger partial charge is 0.434 e. The molecule has 4 nitrogen and oxygen atoms in total. The average molecular weight is 228 g/mol. The van der Waals surface area contributed by atoms with Gasteiger partial charge >= 0.3 is 6.18 Å². The monoisotopic (exact) mass is 228 g/mol. The molecule has 16 heavy (non-hydrogen) atoms. The van der Waals surface area contributed by atoms with Gasteiger partial charge in [0.1, 0.15) is 0 Å². The van der Waals surface area contributed by atoms with Gasteiger partial charge in [-0.15, -0.1) is 0 Å².